The summed E-state index contributed by atoms with van der Waals surface area (Å²) in [5.41, 5.74) is 6.54. The number of nitrogens with two attached hydrogens (primary N) is 1. The first-order chi connectivity index (χ1) is 8.33. The van der Waals surface area contributed by atoms with Crippen LogP contribution in [0, 0.1) is 11.3 Å². The third-order valence-corrected chi connectivity index (χ3v) is 5.74. The van der Waals surface area contributed by atoms with Crippen molar-refractivity contribution in [3.05, 3.63) is 0 Å². The monoisotopic (exact) mass is 236 g/mol. The number of fused-ring (bicyclic) bond motifs is 1. The van der Waals surface area contributed by atoms with Crippen LogP contribution in [0.2, 0.25) is 0 Å². The fraction of sp³-hybridized carbons (Fsp3) is 1.00. The number of rotatable bonds is 3. The van der Waals surface area contributed by atoms with Crippen LogP contribution < -0.4 is 5.73 Å². The summed E-state index contributed by atoms with van der Waals surface area (Å²) in [5, 5.41) is 0. The van der Waals surface area contributed by atoms with E-state index in [9.17, 15) is 0 Å². The minimum absolute atomic E-state index is 0.513. The molecule has 1 heterocycles. The topological polar surface area (TPSA) is 29.3 Å². The Balaban J connectivity index is 1.64. The lowest BCUT2D eigenvalue weighted by molar-refractivity contribution is -0.00207. The van der Waals surface area contributed by atoms with Crippen molar-refractivity contribution in [2.24, 2.45) is 17.1 Å². The Hall–Kier alpha value is -0.0800. The molecular weight excluding hydrogens is 208 g/mol. The fourth-order valence-electron chi connectivity index (χ4n) is 4.46. The van der Waals surface area contributed by atoms with Crippen molar-refractivity contribution in [3.8, 4) is 0 Å². The number of hydrogen-bond acceptors (Lipinski definition) is 2. The highest BCUT2D eigenvalue weighted by atomic mass is 15.2. The Labute approximate surface area is 106 Å². The van der Waals surface area contributed by atoms with Crippen molar-refractivity contribution in [1.82, 2.24) is 4.90 Å². The Morgan fingerprint density at radius 2 is 1.76 bits per heavy atom. The van der Waals surface area contributed by atoms with Gasteiger partial charge >= 0.3 is 0 Å². The maximum absolute atomic E-state index is 6.03. The molecule has 2 N–H and O–H groups in total. The van der Waals surface area contributed by atoms with Gasteiger partial charge in [-0.15, -0.1) is 0 Å². The minimum atomic E-state index is 0.513. The number of hydrogen-bond donors (Lipinski definition) is 1. The predicted molar refractivity (Wildman–Crippen MR) is 71.9 cm³/mol. The van der Waals surface area contributed by atoms with Crippen LogP contribution in [0.5, 0.6) is 0 Å². The molecule has 0 spiro atoms. The van der Waals surface area contributed by atoms with E-state index < -0.39 is 0 Å². The van der Waals surface area contributed by atoms with E-state index in [1.54, 1.807) is 0 Å². The van der Waals surface area contributed by atoms with Gasteiger partial charge in [0.15, 0.2) is 0 Å². The third kappa shape index (κ3) is 2.26. The zero-order chi connectivity index (χ0) is 11.7. The molecule has 2 saturated carbocycles. The van der Waals surface area contributed by atoms with Crippen molar-refractivity contribution in [2.75, 3.05) is 19.6 Å². The molecule has 3 aliphatic rings. The molecule has 0 aromatic heterocycles. The maximum Gasteiger partial charge on any atom is 0.0124 e. The normalized spacial score (nSPS) is 37.2. The van der Waals surface area contributed by atoms with Crippen molar-refractivity contribution >= 4 is 0 Å². The van der Waals surface area contributed by atoms with Gasteiger partial charge in [0.05, 0.1) is 0 Å². The molecule has 0 aromatic rings. The summed E-state index contributed by atoms with van der Waals surface area (Å²) in [5.74, 6) is 1.02. The fourth-order valence-corrected chi connectivity index (χ4v) is 4.46. The van der Waals surface area contributed by atoms with E-state index in [0.717, 1.165) is 18.5 Å². The van der Waals surface area contributed by atoms with E-state index in [1.165, 1.54) is 70.9 Å². The molecule has 1 saturated heterocycles. The standard InChI is InChI=1S/C15H28N2/c16-11-15(8-4-9-15)12-17-10-3-6-13-5-1-2-7-14(13)17/h13-14H,1-12,16H2/t13-,14-/m1/s1. The summed E-state index contributed by atoms with van der Waals surface area (Å²) in [6, 6.07) is 0.918. The van der Waals surface area contributed by atoms with Gasteiger partial charge in [-0.1, -0.05) is 19.3 Å². The average molecular weight is 236 g/mol. The van der Waals surface area contributed by atoms with Gasteiger partial charge in [0.2, 0.25) is 0 Å². The molecule has 0 amide bonds. The molecule has 0 bridgehead atoms. The van der Waals surface area contributed by atoms with Crippen molar-refractivity contribution in [2.45, 2.75) is 63.8 Å². The summed E-state index contributed by atoms with van der Waals surface area (Å²) in [7, 11) is 0. The molecule has 2 atom stereocenters. The molecule has 2 nitrogen and oxygen atoms in total. The molecule has 2 aliphatic carbocycles. The van der Waals surface area contributed by atoms with Gasteiger partial charge < -0.3 is 5.73 Å². The average Bonchev–Trinajstić information content (AvgIpc) is 2.34. The highest BCUT2D eigenvalue weighted by molar-refractivity contribution is 4.95. The lowest BCUT2D eigenvalue weighted by Crippen LogP contribution is -2.54. The van der Waals surface area contributed by atoms with Crippen molar-refractivity contribution in [3.63, 3.8) is 0 Å². The predicted octanol–water partition coefficient (Wildman–Crippen LogP) is 2.77. The second-order valence-electron chi connectivity index (χ2n) is 6.78. The Kier molecular flexibility index (Phi) is 3.45. The second kappa shape index (κ2) is 4.89. The molecule has 2 heteroatoms. The van der Waals surface area contributed by atoms with E-state index in [0.29, 0.717) is 5.41 Å². The maximum atomic E-state index is 6.03. The van der Waals surface area contributed by atoms with Crippen LogP contribution in [0.1, 0.15) is 57.8 Å². The van der Waals surface area contributed by atoms with Gasteiger partial charge in [0, 0.05) is 12.6 Å². The quantitative estimate of drug-likeness (QED) is 0.816. The van der Waals surface area contributed by atoms with Gasteiger partial charge in [-0.3, -0.25) is 4.90 Å². The number of likely N-dealkylation sites (tertiary alicyclic amines) is 1. The molecule has 3 rings (SSSR count). The molecule has 1 aliphatic heterocycles. The minimum Gasteiger partial charge on any atom is -0.330 e. The first-order valence-corrected chi connectivity index (χ1v) is 7.77. The summed E-state index contributed by atoms with van der Waals surface area (Å²) in [6.07, 6.45) is 13.0. The Morgan fingerprint density at radius 1 is 1.00 bits per heavy atom. The third-order valence-electron chi connectivity index (χ3n) is 5.74. The van der Waals surface area contributed by atoms with Gasteiger partial charge in [0.25, 0.3) is 0 Å². The molecule has 17 heavy (non-hydrogen) atoms. The van der Waals surface area contributed by atoms with E-state index in [2.05, 4.69) is 4.90 Å². The van der Waals surface area contributed by atoms with Crippen molar-refractivity contribution in [1.29, 1.82) is 0 Å². The molecule has 0 aromatic carbocycles. The summed E-state index contributed by atoms with van der Waals surface area (Å²) >= 11 is 0. The molecule has 3 fully saturated rings. The first-order valence-electron chi connectivity index (χ1n) is 7.77. The van der Waals surface area contributed by atoms with E-state index in [-0.39, 0.29) is 0 Å². The molecule has 0 radical (unpaired) electrons. The van der Waals surface area contributed by atoms with Crippen LogP contribution in [-0.2, 0) is 0 Å². The lowest BCUT2D eigenvalue weighted by Gasteiger charge is -2.51. The van der Waals surface area contributed by atoms with Gasteiger partial charge in [0.1, 0.15) is 0 Å². The Bertz CT molecular complexity index is 252. The van der Waals surface area contributed by atoms with Gasteiger partial charge in [-0.25, -0.2) is 0 Å². The van der Waals surface area contributed by atoms with Crippen LogP contribution in [-0.4, -0.2) is 30.6 Å². The number of piperidine rings is 1. The summed E-state index contributed by atoms with van der Waals surface area (Å²) < 4.78 is 0. The largest absolute Gasteiger partial charge is 0.330 e. The highest BCUT2D eigenvalue weighted by Crippen LogP contribution is 2.43. The van der Waals surface area contributed by atoms with Gasteiger partial charge in [-0.2, -0.15) is 0 Å². The summed E-state index contributed by atoms with van der Waals surface area (Å²) in [4.78, 5) is 2.83. The van der Waals surface area contributed by atoms with Crippen LogP contribution >= 0.6 is 0 Å². The van der Waals surface area contributed by atoms with Crippen LogP contribution in [0.3, 0.4) is 0 Å². The van der Waals surface area contributed by atoms with Crippen LogP contribution in [0.15, 0.2) is 0 Å². The summed E-state index contributed by atoms with van der Waals surface area (Å²) in [6.45, 7) is 3.58. The van der Waals surface area contributed by atoms with E-state index in [1.807, 2.05) is 0 Å². The van der Waals surface area contributed by atoms with Crippen LogP contribution in [0.4, 0.5) is 0 Å². The zero-order valence-electron chi connectivity index (χ0n) is 11.2. The second-order valence-corrected chi connectivity index (χ2v) is 6.78. The molecular formula is C15H28N2. The Morgan fingerprint density at radius 3 is 2.47 bits per heavy atom. The van der Waals surface area contributed by atoms with E-state index in [4.69, 9.17) is 5.73 Å². The lowest BCUT2D eigenvalue weighted by atomic mass is 9.67. The van der Waals surface area contributed by atoms with E-state index >= 15 is 0 Å². The smallest absolute Gasteiger partial charge is 0.0124 e. The molecule has 0 unspecified atom stereocenters. The van der Waals surface area contributed by atoms with Crippen molar-refractivity contribution < 1.29 is 0 Å². The zero-order valence-corrected chi connectivity index (χ0v) is 11.2. The number of nitrogens with zero attached hydrogens (tertiary/aromatic N) is 1. The molecule has 98 valence electrons. The van der Waals surface area contributed by atoms with Crippen LogP contribution in [0.25, 0.3) is 0 Å². The first kappa shape index (κ1) is 12.0. The SMILES string of the molecule is NCC1(CN2CCC[C@H]3CCCC[C@H]32)CCC1. The van der Waals surface area contributed by atoms with Gasteiger partial charge in [-0.05, 0) is 62.9 Å². The highest BCUT2D eigenvalue weighted by Gasteiger charge is 2.41.